The Morgan fingerprint density at radius 3 is 2.19 bits per heavy atom. The lowest BCUT2D eigenvalue weighted by Crippen LogP contribution is -2.46. The standard InChI is InChI=1S/C12H26N2O2/c1-5-10(6-2)14(7-8-15)11(16)9-12(3,4)13/h10,15H,5-9,13H2,1-4H3. The van der Waals surface area contributed by atoms with Crippen molar-refractivity contribution < 1.29 is 9.90 Å². The highest BCUT2D eigenvalue weighted by Crippen LogP contribution is 2.13. The Morgan fingerprint density at radius 1 is 1.38 bits per heavy atom. The first-order valence-electron chi connectivity index (χ1n) is 6.04. The van der Waals surface area contributed by atoms with Crippen molar-refractivity contribution in [1.82, 2.24) is 4.90 Å². The summed E-state index contributed by atoms with van der Waals surface area (Å²) in [7, 11) is 0. The molecule has 0 atom stereocenters. The molecule has 16 heavy (non-hydrogen) atoms. The Morgan fingerprint density at radius 2 is 1.88 bits per heavy atom. The smallest absolute Gasteiger partial charge is 0.224 e. The molecule has 0 unspecified atom stereocenters. The van der Waals surface area contributed by atoms with Crippen LogP contribution < -0.4 is 5.73 Å². The largest absolute Gasteiger partial charge is 0.395 e. The normalized spacial score (nSPS) is 11.9. The molecule has 4 heteroatoms. The molecule has 0 radical (unpaired) electrons. The van der Waals surface area contributed by atoms with E-state index in [1.54, 1.807) is 4.90 Å². The fourth-order valence-corrected chi connectivity index (χ4v) is 1.84. The Balaban J connectivity index is 4.57. The number of hydrogen-bond acceptors (Lipinski definition) is 3. The SMILES string of the molecule is CCC(CC)N(CCO)C(=O)CC(C)(C)N. The van der Waals surface area contributed by atoms with Crippen LogP contribution in [0.5, 0.6) is 0 Å². The summed E-state index contributed by atoms with van der Waals surface area (Å²) in [5, 5.41) is 9.00. The zero-order chi connectivity index (χ0) is 12.8. The minimum absolute atomic E-state index is 0.00718. The molecule has 0 saturated carbocycles. The molecule has 0 saturated heterocycles. The fraction of sp³-hybridized carbons (Fsp3) is 0.917. The summed E-state index contributed by atoms with van der Waals surface area (Å²) in [6, 6.07) is 0.210. The van der Waals surface area contributed by atoms with Crippen LogP contribution in [0.2, 0.25) is 0 Å². The van der Waals surface area contributed by atoms with Gasteiger partial charge < -0.3 is 15.7 Å². The quantitative estimate of drug-likeness (QED) is 0.689. The Bertz CT molecular complexity index is 208. The second-order valence-electron chi connectivity index (χ2n) is 4.95. The second-order valence-corrected chi connectivity index (χ2v) is 4.95. The third kappa shape index (κ3) is 5.47. The van der Waals surface area contributed by atoms with Crippen molar-refractivity contribution in [2.24, 2.45) is 5.73 Å². The Kier molecular flexibility index (Phi) is 6.60. The number of amides is 1. The van der Waals surface area contributed by atoms with Gasteiger partial charge in [0.2, 0.25) is 5.91 Å². The van der Waals surface area contributed by atoms with Gasteiger partial charge >= 0.3 is 0 Å². The van der Waals surface area contributed by atoms with E-state index in [2.05, 4.69) is 13.8 Å². The number of carbonyl (C=O) groups excluding carboxylic acids is 1. The van der Waals surface area contributed by atoms with Gasteiger partial charge in [0.05, 0.1) is 6.61 Å². The molecule has 0 aromatic heterocycles. The molecule has 0 fully saturated rings. The zero-order valence-electron chi connectivity index (χ0n) is 11.0. The minimum atomic E-state index is -0.489. The maximum atomic E-state index is 12.0. The molecule has 0 rings (SSSR count). The summed E-state index contributed by atoms with van der Waals surface area (Å²) < 4.78 is 0. The fourth-order valence-electron chi connectivity index (χ4n) is 1.84. The van der Waals surface area contributed by atoms with Gasteiger partial charge in [-0.25, -0.2) is 0 Å². The van der Waals surface area contributed by atoms with Crippen molar-refractivity contribution in [2.45, 2.75) is 58.5 Å². The molecule has 4 nitrogen and oxygen atoms in total. The van der Waals surface area contributed by atoms with Crippen molar-refractivity contribution >= 4 is 5.91 Å². The van der Waals surface area contributed by atoms with Gasteiger partial charge in [-0.3, -0.25) is 4.79 Å². The molecule has 0 aliphatic carbocycles. The molecule has 3 N–H and O–H groups in total. The summed E-state index contributed by atoms with van der Waals surface area (Å²) in [4.78, 5) is 13.8. The number of aliphatic hydroxyl groups is 1. The average molecular weight is 230 g/mol. The third-order valence-electron chi connectivity index (χ3n) is 2.65. The van der Waals surface area contributed by atoms with Crippen LogP contribution in [0, 0.1) is 0 Å². The molecular weight excluding hydrogens is 204 g/mol. The summed E-state index contributed by atoms with van der Waals surface area (Å²) in [6.07, 6.45) is 2.14. The van der Waals surface area contributed by atoms with E-state index in [4.69, 9.17) is 10.8 Å². The van der Waals surface area contributed by atoms with Gasteiger partial charge in [-0.15, -0.1) is 0 Å². The topological polar surface area (TPSA) is 66.6 Å². The van der Waals surface area contributed by atoms with Gasteiger partial charge in [0.1, 0.15) is 0 Å². The monoisotopic (exact) mass is 230 g/mol. The molecule has 96 valence electrons. The van der Waals surface area contributed by atoms with Gasteiger partial charge in [-0.2, -0.15) is 0 Å². The van der Waals surface area contributed by atoms with Gasteiger partial charge in [-0.1, -0.05) is 13.8 Å². The lowest BCUT2D eigenvalue weighted by molar-refractivity contribution is -0.135. The van der Waals surface area contributed by atoms with Crippen LogP contribution in [0.1, 0.15) is 47.0 Å². The predicted octanol–water partition coefficient (Wildman–Crippen LogP) is 1.12. The molecule has 0 aromatic carbocycles. The molecule has 1 amide bonds. The van der Waals surface area contributed by atoms with Crippen LogP contribution in [-0.4, -0.2) is 40.6 Å². The van der Waals surface area contributed by atoms with Crippen LogP contribution in [-0.2, 0) is 4.79 Å². The first kappa shape index (κ1) is 15.4. The molecule has 0 bridgehead atoms. The Hall–Kier alpha value is -0.610. The maximum absolute atomic E-state index is 12.0. The van der Waals surface area contributed by atoms with Gasteiger partial charge in [0.15, 0.2) is 0 Å². The summed E-state index contributed by atoms with van der Waals surface area (Å²) in [6.45, 7) is 8.21. The van der Waals surface area contributed by atoms with Gasteiger partial charge in [-0.05, 0) is 26.7 Å². The summed E-state index contributed by atoms with van der Waals surface area (Å²) >= 11 is 0. The first-order valence-corrected chi connectivity index (χ1v) is 6.04. The summed E-state index contributed by atoms with van der Waals surface area (Å²) in [5.41, 5.74) is 5.35. The van der Waals surface area contributed by atoms with E-state index in [1.165, 1.54) is 0 Å². The lowest BCUT2D eigenvalue weighted by atomic mass is 10.00. The van der Waals surface area contributed by atoms with E-state index in [1.807, 2.05) is 13.8 Å². The highest BCUT2D eigenvalue weighted by atomic mass is 16.3. The van der Waals surface area contributed by atoms with Gasteiger partial charge in [0.25, 0.3) is 0 Å². The predicted molar refractivity (Wildman–Crippen MR) is 66.1 cm³/mol. The maximum Gasteiger partial charge on any atom is 0.224 e. The van der Waals surface area contributed by atoms with Crippen molar-refractivity contribution in [3.05, 3.63) is 0 Å². The molecular formula is C12H26N2O2. The zero-order valence-corrected chi connectivity index (χ0v) is 11.0. The van der Waals surface area contributed by atoms with E-state index >= 15 is 0 Å². The minimum Gasteiger partial charge on any atom is -0.395 e. The van der Waals surface area contributed by atoms with Crippen LogP contribution in [0.15, 0.2) is 0 Å². The van der Waals surface area contributed by atoms with E-state index in [-0.39, 0.29) is 18.6 Å². The van der Waals surface area contributed by atoms with E-state index < -0.39 is 5.54 Å². The highest BCUT2D eigenvalue weighted by Gasteiger charge is 2.25. The number of hydrogen-bond donors (Lipinski definition) is 2. The van der Waals surface area contributed by atoms with Crippen LogP contribution in [0.3, 0.4) is 0 Å². The highest BCUT2D eigenvalue weighted by molar-refractivity contribution is 5.77. The van der Waals surface area contributed by atoms with Crippen LogP contribution in [0.25, 0.3) is 0 Å². The average Bonchev–Trinajstić information content (AvgIpc) is 2.15. The van der Waals surface area contributed by atoms with Crippen molar-refractivity contribution in [1.29, 1.82) is 0 Å². The third-order valence-corrected chi connectivity index (χ3v) is 2.65. The van der Waals surface area contributed by atoms with Crippen molar-refractivity contribution in [3.8, 4) is 0 Å². The molecule has 0 aromatic rings. The second kappa shape index (κ2) is 6.86. The van der Waals surface area contributed by atoms with Crippen LogP contribution >= 0.6 is 0 Å². The van der Waals surface area contributed by atoms with Crippen molar-refractivity contribution in [3.63, 3.8) is 0 Å². The van der Waals surface area contributed by atoms with Crippen molar-refractivity contribution in [2.75, 3.05) is 13.2 Å². The number of aliphatic hydroxyl groups excluding tert-OH is 1. The van der Waals surface area contributed by atoms with E-state index in [9.17, 15) is 4.79 Å². The number of rotatable bonds is 7. The number of nitrogens with zero attached hydrogens (tertiary/aromatic N) is 1. The lowest BCUT2D eigenvalue weighted by Gasteiger charge is -2.32. The molecule has 0 spiro atoms. The summed E-state index contributed by atoms with van der Waals surface area (Å²) in [5.74, 6) is 0.0373. The van der Waals surface area contributed by atoms with E-state index in [0.29, 0.717) is 13.0 Å². The Labute approximate surface area is 98.8 Å². The number of carbonyl (C=O) groups is 1. The molecule has 0 aliphatic rings. The molecule has 0 aliphatic heterocycles. The van der Waals surface area contributed by atoms with Gasteiger partial charge in [0, 0.05) is 24.5 Å². The first-order chi connectivity index (χ1) is 7.35. The van der Waals surface area contributed by atoms with E-state index in [0.717, 1.165) is 12.8 Å². The molecule has 0 heterocycles. The van der Waals surface area contributed by atoms with Crippen LogP contribution in [0.4, 0.5) is 0 Å². The number of nitrogens with two attached hydrogens (primary N) is 1.